The Hall–Kier alpha value is -0.650. The molecule has 0 aliphatic carbocycles. The van der Waals surface area contributed by atoms with Gasteiger partial charge in [0.05, 0.1) is 5.71 Å². The van der Waals surface area contributed by atoms with Gasteiger partial charge in [0.2, 0.25) is 0 Å². The topological polar surface area (TPSA) is 74.1 Å². The van der Waals surface area contributed by atoms with Gasteiger partial charge < -0.3 is 20.4 Å². The summed E-state index contributed by atoms with van der Waals surface area (Å²) in [5, 5.41) is 25.3. The van der Waals surface area contributed by atoms with E-state index in [-0.39, 0.29) is 18.8 Å². The molecule has 0 aliphatic rings. The lowest BCUT2D eigenvalue weighted by Crippen LogP contribution is -2.42. The maximum Gasteiger partial charge on any atom is 0.144 e. The van der Waals surface area contributed by atoms with E-state index < -0.39 is 6.10 Å². The molecule has 5 heteroatoms. The Morgan fingerprint density at radius 1 is 1.41 bits per heavy atom. The molecule has 1 unspecified atom stereocenters. The smallest absolute Gasteiger partial charge is 0.144 e. The van der Waals surface area contributed by atoms with Gasteiger partial charge in [-0.25, -0.2) is 0 Å². The van der Waals surface area contributed by atoms with Crippen molar-refractivity contribution in [2.45, 2.75) is 52.2 Å². The maximum atomic E-state index is 9.60. The fourth-order valence-corrected chi connectivity index (χ4v) is 1.10. The monoisotopic (exact) mass is 246 g/mol. The summed E-state index contributed by atoms with van der Waals surface area (Å²) in [7, 11) is 0. The van der Waals surface area contributed by atoms with Gasteiger partial charge in [-0.3, -0.25) is 0 Å². The van der Waals surface area contributed by atoms with Crippen molar-refractivity contribution in [2.75, 3.05) is 19.8 Å². The van der Waals surface area contributed by atoms with Crippen LogP contribution < -0.4 is 5.32 Å². The standard InChI is InChI=1S/C12H26N2O3/c1-10(6-5-7-15)14-17-9-11(16)8-13-12(2,3)4/h11,13,15-16H,5-9H2,1-4H3/b14-10+. The highest BCUT2D eigenvalue weighted by molar-refractivity contribution is 5.81. The van der Waals surface area contributed by atoms with E-state index in [9.17, 15) is 5.11 Å². The van der Waals surface area contributed by atoms with Crippen molar-refractivity contribution < 1.29 is 15.1 Å². The number of hydrogen-bond donors (Lipinski definition) is 3. The fraction of sp³-hybridized carbons (Fsp3) is 0.917. The molecular formula is C12H26N2O3. The number of oxime groups is 1. The Bertz CT molecular complexity index is 224. The molecule has 0 aromatic rings. The van der Waals surface area contributed by atoms with Crippen molar-refractivity contribution in [1.29, 1.82) is 0 Å². The van der Waals surface area contributed by atoms with Gasteiger partial charge in [0.25, 0.3) is 0 Å². The second-order valence-corrected chi connectivity index (χ2v) is 5.23. The second-order valence-electron chi connectivity index (χ2n) is 5.23. The van der Waals surface area contributed by atoms with Gasteiger partial charge >= 0.3 is 0 Å². The number of nitrogens with zero attached hydrogens (tertiary/aromatic N) is 1. The van der Waals surface area contributed by atoms with E-state index in [4.69, 9.17) is 9.94 Å². The molecule has 3 N–H and O–H groups in total. The molecule has 5 nitrogen and oxygen atoms in total. The van der Waals surface area contributed by atoms with Crippen LogP contribution >= 0.6 is 0 Å². The van der Waals surface area contributed by atoms with Gasteiger partial charge in [-0.15, -0.1) is 0 Å². The van der Waals surface area contributed by atoms with Crippen molar-refractivity contribution in [3.8, 4) is 0 Å². The highest BCUT2D eigenvalue weighted by Crippen LogP contribution is 1.99. The zero-order valence-electron chi connectivity index (χ0n) is 11.4. The molecule has 102 valence electrons. The van der Waals surface area contributed by atoms with Crippen LogP contribution in [0, 0.1) is 0 Å². The van der Waals surface area contributed by atoms with E-state index in [2.05, 4.69) is 10.5 Å². The lowest BCUT2D eigenvalue weighted by Gasteiger charge is -2.22. The van der Waals surface area contributed by atoms with Crippen LogP contribution in [-0.2, 0) is 4.84 Å². The average Bonchev–Trinajstić information content (AvgIpc) is 2.22. The molecule has 0 aliphatic heterocycles. The van der Waals surface area contributed by atoms with E-state index in [1.54, 1.807) is 0 Å². The average molecular weight is 246 g/mol. The van der Waals surface area contributed by atoms with E-state index in [1.165, 1.54) is 0 Å². The number of aliphatic hydroxyl groups is 2. The van der Waals surface area contributed by atoms with Crippen molar-refractivity contribution in [3.05, 3.63) is 0 Å². The summed E-state index contributed by atoms with van der Waals surface area (Å²) < 4.78 is 0. The largest absolute Gasteiger partial charge is 0.396 e. The van der Waals surface area contributed by atoms with Crippen molar-refractivity contribution in [1.82, 2.24) is 5.32 Å². The van der Waals surface area contributed by atoms with Gasteiger partial charge in [-0.2, -0.15) is 0 Å². The summed E-state index contributed by atoms with van der Waals surface area (Å²) in [6, 6.07) is 0. The number of nitrogens with one attached hydrogen (secondary N) is 1. The molecule has 0 rings (SSSR count). The van der Waals surface area contributed by atoms with Crippen molar-refractivity contribution in [3.63, 3.8) is 0 Å². The van der Waals surface area contributed by atoms with E-state index >= 15 is 0 Å². The molecule has 17 heavy (non-hydrogen) atoms. The Morgan fingerprint density at radius 3 is 2.59 bits per heavy atom. The van der Waals surface area contributed by atoms with Gasteiger partial charge in [0.15, 0.2) is 0 Å². The molecular weight excluding hydrogens is 220 g/mol. The fourth-order valence-electron chi connectivity index (χ4n) is 1.10. The number of β-amino-alcohol motifs (C(OH)–C–C–N with tert-alkyl or cyclic N) is 1. The second kappa shape index (κ2) is 8.44. The first kappa shape index (κ1) is 16.4. The van der Waals surface area contributed by atoms with E-state index in [1.807, 2.05) is 27.7 Å². The maximum absolute atomic E-state index is 9.60. The normalized spacial score (nSPS) is 14.8. The molecule has 0 saturated carbocycles. The van der Waals surface area contributed by atoms with Gasteiger partial charge in [0, 0.05) is 18.7 Å². The van der Waals surface area contributed by atoms with Crippen LogP contribution in [0.15, 0.2) is 5.16 Å². The summed E-state index contributed by atoms with van der Waals surface area (Å²) >= 11 is 0. The van der Waals surface area contributed by atoms with Crippen LogP contribution in [0.3, 0.4) is 0 Å². The summed E-state index contributed by atoms with van der Waals surface area (Å²) in [4.78, 5) is 5.04. The molecule has 0 amide bonds. The molecule has 0 bridgehead atoms. The quantitative estimate of drug-likeness (QED) is 0.439. The van der Waals surface area contributed by atoms with Crippen LogP contribution in [0.2, 0.25) is 0 Å². The van der Waals surface area contributed by atoms with Crippen LogP contribution in [0.25, 0.3) is 0 Å². The predicted molar refractivity (Wildman–Crippen MR) is 69.1 cm³/mol. The molecule has 0 aromatic carbocycles. The van der Waals surface area contributed by atoms with Crippen LogP contribution in [0.1, 0.15) is 40.5 Å². The molecule has 0 radical (unpaired) electrons. The van der Waals surface area contributed by atoms with E-state index in [0.29, 0.717) is 19.4 Å². The highest BCUT2D eigenvalue weighted by Gasteiger charge is 2.12. The van der Waals surface area contributed by atoms with Crippen molar-refractivity contribution in [2.24, 2.45) is 5.16 Å². The molecule has 0 fully saturated rings. The molecule has 0 spiro atoms. The highest BCUT2D eigenvalue weighted by atomic mass is 16.6. The van der Waals surface area contributed by atoms with Gasteiger partial charge in [0.1, 0.15) is 12.7 Å². The summed E-state index contributed by atoms with van der Waals surface area (Å²) in [6.45, 7) is 8.78. The van der Waals surface area contributed by atoms with Crippen LogP contribution in [0.5, 0.6) is 0 Å². The zero-order valence-corrected chi connectivity index (χ0v) is 11.4. The summed E-state index contributed by atoms with van der Waals surface area (Å²) in [5.41, 5.74) is 0.816. The molecule has 0 aromatic heterocycles. The summed E-state index contributed by atoms with van der Waals surface area (Å²) in [5.74, 6) is 0. The third kappa shape index (κ3) is 11.6. The lowest BCUT2D eigenvalue weighted by atomic mass is 10.1. The molecule has 1 atom stereocenters. The number of aliphatic hydroxyl groups excluding tert-OH is 2. The first-order chi connectivity index (χ1) is 7.85. The molecule has 0 saturated heterocycles. The van der Waals surface area contributed by atoms with Crippen LogP contribution in [0.4, 0.5) is 0 Å². The van der Waals surface area contributed by atoms with Crippen LogP contribution in [-0.4, -0.2) is 47.3 Å². The minimum Gasteiger partial charge on any atom is -0.396 e. The third-order valence-electron chi connectivity index (χ3n) is 2.05. The molecule has 0 heterocycles. The lowest BCUT2D eigenvalue weighted by molar-refractivity contribution is 0.0369. The summed E-state index contributed by atoms with van der Waals surface area (Å²) in [6.07, 6.45) is 0.836. The number of hydrogen-bond acceptors (Lipinski definition) is 5. The Morgan fingerprint density at radius 2 is 2.06 bits per heavy atom. The SMILES string of the molecule is C/C(CCCO)=N\OCC(O)CNC(C)(C)C. The van der Waals surface area contributed by atoms with Gasteiger partial charge in [-0.05, 0) is 40.5 Å². The number of rotatable bonds is 8. The Labute approximate surface area is 104 Å². The van der Waals surface area contributed by atoms with Gasteiger partial charge in [-0.1, -0.05) is 5.16 Å². The Kier molecular flexibility index (Phi) is 8.12. The Balaban J connectivity index is 3.66. The first-order valence-electron chi connectivity index (χ1n) is 6.04. The third-order valence-corrected chi connectivity index (χ3v) is 2.05. The minimum atomic E-state index is -0.566. The van der Waals surface area contributed by atoms with Crippen molar-refractivity contribution >= 4 is 5.71 Å². The first-order valence-corrected chi connectivity index (χ1v) is 6.04. The zero-order chi connectivity index (χ0) is 13.3. The predicted octanol–water partition coefficient (Wildman–Crippen LogP) is 0.900. The van der Waals surface area contributed by atoms with E-state index in [0.717, 1.165) is 5.71 Å². The minimum absolute atomic E-state index is 0.0126.